The van der Waals surface area contributed by atoms with Crippen molar-refractivity contribution in [3.8, 4) is 0 Å². The number of aliphatic hydroxyl groups excluding tert-OH is 4. The summed E-state index contributed by atoms with van der Waals surface area (Å²) in [7, 11) is 0. The third kappa shape index (κ3) is 34.3. The quantitative estimate of drug-likeness (QED) is 0.0268. The number of hydrogen-bond acceptors (Lipinski definition) is 9. The Labute approximate surface area is 373 Å². The van der Waals surface area contributed by atoms with Gasteiger partial charge in [-0.3, -0.25) is 4.79 Å². The molecule has 0 spiro atoms. The monoisotopic (exact) mass is 863 g/mol. The van der Waals surface area contributed by atoms with Gasteiger partial charge in [-0.1, -0.05) is 204 Å². The maximum absolute atomic E-state index is 12.8. The molecule has 1 saturated heterocycles. The van der Waals surface area contributed by atoms with Crippen LogP contribution in [0, 0.1) is 0 Å². The van der Waals surface area contributed by atoms with Gasteiger partial charge in [-0.2, -0.15) is 0 Å². The van der Waals surface area contributed by atoms with Crippen molar-refractivity contribution in [2.24, 2.45) is 0 Å². The third-order valence-corrected chi connectivity index (χ3v) is 11.5. The largest absolute Gasteiger partial charge is 0.457 e. The van der Waals surface area contributed by atoms with Gasteiger partial charge in [0, 0.05) is 13.0 Å². The summed E-state index contributed by atoms with van der Waals surface area (Å²) in [5.74, 6) is -0.320. The van der Waals surface area contributed by atoms with E-state index in [-0.39, 0.29) is 19.2 Å². The Bertz CT molecular complexity index is 1070. The Morgan fingerprint density at radius 2 is 1.00 bits per heavy atom. The number of esters is 1. The van der Waals surface area contributed by atoms with E-state index in [0.29, 0.717) is 13.0 Å². The van der Waals surface area contributed by atoms with Gasteiger partial charge in [0.25, 0.3) is 0 Å². The molecule has 61 heavy (non-hydrogen) atoms. The molecule has 6 atom stereocenters. The number of hydrogen-bond donors (Lipinski definition) is 4. The molecule has 0 radical (unpaired) electrons. The molecule has 0 aliphatic carbocycles. The van der Waals surface area contributed by atoms with Crippen molar-refractivity contribution in [2.75, 3.05) is 26.4 Å². The predicted molar refractivity (Wildman–Crippen MR) is 251 cm³/mol. The molecule has 0 aromatic rings. The summed E-state index contributed by atoms with van der Waals surface area (Å²) in [6.07, 6.45) is 47.1. The van der Waals surface area contributed by atoms with Gasteiger partial charge in [-0.25, -0.2) is 0 Å². The van der Waals surface area contributed by atoms with Crippen LogP contribution in [0.5, 0.6) is 0 Å². The molecule has 1 aliphatic heterocycles. The normalized spacial score (nSPS) is 20.3. The van der Waals surface area contributed by atoms with Crippen LogP contribution < -0.4 is 0 Å². The van der Waals surface area contributed by atoms with Crippen LogP contribution in [-0.2, 0) is 23.7 Å². The number of rotatable bonds is 43. The zero-order valence-corrected chi connectivity index (χ0v) is 39.2. The van der Waals surface area contributed by atoms with Crippen LogP contribution >= 0.6 is 0 Å². The van der Waals surface area contributed by atoms with Crippen LogP contribution in [0.4, 0.5) is 0 Å². The van der Waals surface area contributed by atoms with E-state index in [0.717, 1.165) is 64.2 Å². The van der Waals surface area contributed by atoms with Crippen molar-refractivity contribution in [1.82, 2.24) is 0 Å². The highest BCUT2D eigenvalue weighted by atomic mass is 16.7. The number of carbonyl (C=O) groups is 1. The first kappa shape index (κ1) is 57.2. The minimum Gasteiger partial charge on any atom is -0.457 e. The van der Waals surface area contributed by atoms with E-state index in [1.165, 1.54) is 128 Å². The molecule has 1 aliphatic rings. The van der Waals surface area contributed by atoms with Gasteiger partial charge >= 0.3 is 5.97 Å². The van der Waals surface area contributed by atoms with Gasteiger partial charge in [0.15, 0.2) is 6.29 Å². The van der Waals surface area contributed by atoms with E-state index in [1.54, 1.807) is 0 Å². The molecule has 6 unspecified atom stereocenters. The van der Waals surface area contributed by atoms with Gasteiger partial charge in [0.1, 0.15) is 30.5 Å². The first-order chi connectivity index (χ1) is 29.9. The van der Waals surface area contributed by atoms with E-state index in [2.05, 4.69) is 62.5 Å². The van der Waals surface area contributed by atoms with Crippen LogP contribution in [0.3, 0.4) is 0 Å². The molecule has 0 aromatic heterocycles. The van der Waals surface area contributed by atoms with Crippen LogP contribution in [0.25, 0.3) is 0 Å². The fourth-order valence-corrected chi connectivity index (χ4v) is 7.60. The van der Waals surface area contributed by atoms with Gasteiger partial charge < -0.3 is 39.4 Å². The SMILES string of the molecule is CC/C=C\C/C=C\C/C=C\C/C=C\CCCCCCCCCCC(=O)OC(COCCCCCCCCCCCCCCCCCCC)COC1OC(CO)C(O)C(O)C1O. The second kappa shape index (κ2) is 43.4. The summed E-state index contributed by atoms with van der Waals surface area (Å²) in [4.78, 5) is 12.8. The van der Waals surface area contributed by atoms with Crippen LogP contribution in [0.2, 0.25) is 0 Å². The van der Waals surface area contributed by atoms with E-state index < -0.39 is 43.4 Å². The van der Waals surface area contributed by atoms with Crippen molar-refractivity contribution >= 4 is 5.97 Å². The number of carbonyl (C=O) groups excluding carboxylic acids is 1. The molecule has 1 heterocycles. The summed E-state index contributed by atoms with van der Waals surface area (Å²) in [6.45, 7) is 4.47. The predicted octanol–water partition coefficient (Wildman–Crippen LogP) is 12.1. The smallest absolute Gasteiger partial charge is 0.306 e. The number of ether oxygens (including phenoxy) is 4. The highest BCUT2D eigenvalue weighted by Crippen LogP contribution is 2.23. The molecule has 0 aromatic carbocycles. The lowest BCUT2D eigenvalue weighted by atomic mass is 9.99. The van der Waals surface area contributed by atoms with Crippen LogP contribution in [0.15, 0.2) is 48.6 Å². The van der Waals surface area contributed by atoms with Crippen molar-refractivity contribution < 1.29 is 44.2 Å². The first-order valence-corrected chi connectivity index (χ1v) is 25.2. The van der Waals surface area contributed by atoms with Gasteiger partial charge in [0.2, 0.25) is 0 Å². The highest BCUT2D eigenvalue weighted by molar-refractivity contribution is 5.69. The Morgan fingerprint density at radius 1 is 0.541 bits per heavy atom. The fourth-order valence-electron chi connectivity index (χ4n) is 7.60. The zero-order chi connectivity index (χ0) is 44.3. The van der Waals surface area contributed by atoms with E-state index in [4.69, 9.17) is 18.9 Å². The summed E-state index contributed by atoms with van der Waals surface area (Å²) in [6, 6.07) is 0. The minimum absolute atomic E-state index is 0.115. The Kier molecular flexibility index (Phi) is 40.7. The molecule has 0 bridgehead atoms. The third-order valence-electron chi connectivity index (χ3n) is 11.5. The molecule has 9 heteroatoms. The molecular weight excluding hydrogens is 769 g/mol. The second-order valence-electron chi connectivity index (χ2n) is 17.2. The summed E-state index contributed by atoms with van der Waals surface area (Å²) >= 11 is 0. The maximum Gasteiger partial charge on any atom is 0.306 e. The first-order valence-electron chi connectivity index (χ1n) is 25.2. The lowest BCUT2D eigenvalue weighted by Gasteiger charge is -2.39. The maximum atomic E-state index is 12.8. The van der Waals surface area contributed by atoms with Crippen molar-refractivity contribution in [2.45, 2.75) is 250 Å². The van der Waals surface area contributed by atoms with E-state index in [9.17, 15) is 25.2 Å². The van der Waals surface area contributed by atoms with Crippen LogP contribution in [-0.4, -0.2) is 89.6 Å². The van der Waals surface area contributed by atoms with Crippen LogP contribution in [0.1, 0.15) is 213 Å². The van der Waals surface area contributed by atoms with Gasteiger partial charge in [-0.05, 0) is 51.4 Å². The number of aliphatic hydroxyl groups is 4. The summed E-state index contributed by atoms with van der Waals surface area (Å²) in [5.41, 5.74) is 0. The average molecular weight is 863 g/mol. The van der Waals surface area contributed by atoms with Crippen molar-refractivity contribution in [3.05, 3.63) is 48.6 Å². The summed E-state index contributed by atoms with van der Waals surface area (Å²) in [5, 5.41) is 40.2. The molecule has 356 valence electrons. The topological polar surface area (TPSA) is 135 Å². The molecule has 4 N–H and O–H groups in total. The number of allylic oxidation sites excluding steroid dienone is 8. The lowest BCUT2D eigenvalue weighted by Crippen LogP contribution is -2.59. The zero-order valence-electron chi connectivity index (χ0n) is 39.2. The Balaban J connectivity index is 2.22. The minimum atomic E-state index is -1.54. The fraction of sp³-hybridized carbons (Fsp3) is 0.827. The number of unbranched alkanes of at least 4 members (excludes halogenated alkanes) is 24. The van der Waals surface area contributed by atoms with E-state index in [1.807, 2.05) is 0 Å². The highest BCUT2D eigenvalue weighted by Gasteiger charge is 2.44. The molecule has 9 nitrogen and oxygen atoms in total. The standard InChI is InChI=1S/C52H94O9/c1-3-5-7-9-11-13-15-17-19-21-22-23-24-25-27-29-31-33-35-37-39-41-48(54)60-46(45-59-52-51(57)50(56)49(55)47(43-53)61-52)44-58-42-40-38-36-34-32-30-28-26-20-18-16-14-12-10-8-6-4-2/h5,7,11,13,17,19,22-23,46-47,49-53,55-57H,3-4,6,8-10,12,14-16,18,20-21,24-45H2,1-2H3/b7-5-,13-11-,19-17-,23-22-. The van der Waals surface area contributed by atoms with Gasteiger partial charge in [-0.15, -0.1) is 0 Å². The molecule has 1 fully saturated rings. The molecular formula is C52H94O9. The molecule has 0 amide bonds. The molecule has 1 rings (SSSR count). The van der Waals surface area contributed by atoms with E-state index >= 15 is 0 Å². The Morgan fingerprint density at radius 3 is 1.51 bits per heavy atom. The van der Waals surface area contributed by atoms with Crippen molar-refractivity contribution in [1.29, 1.82) is 0 Å². The Hall–Kier alpha value is -1.85. The second-order valence-corrected chi connectivity index (χ2v) is 17.2. The molecule has 0 saturated carbocycles. The lowest BCUT2D eigenvalue weighted by molar-refractivity contribution is -0.305. The average Bonchev–Trinajstić information content (AvgIpc) is 3.26. The summed E-state index contributed by atoms with van der Waals surface area (Å²) < 4.78 is 22.9. The van der Waals surface area contributed by atoms with Crippen molar-refractivity contribution in [3.63, 3.8) is 0 Å². The van der Waals surface area contributed by atoms with Gasteiger partial charge in [0.05, 0.1) is 19.8 Å².